The molecule has 0 aromatic heterocycles. The van der Waals surface area contributed by atoms with E-state index in [0.717, 1.165) is 0 Å². The highest BCUT2D eigenvalue weighted by molar-refractivity contribution is 5.79. The molecule has 0 aliphatic carbocycles. The van der Waals surface area contributed by atoms with Crippen molar-refractivity contribution in [1.82, 2.24) is 4.90 Å². The Morgan fingerprint density at radius 3 is 2.59 bits per heavy atom. The van der Waals surface area contributed by atoms with Crippen molar-refractivity contribution in [2.75, 3.05) is 33.4 Å². The second kappa shape index (κ2) is 8.13. The first-order valence-corrected chi connectivity index (χ1v) is 5.14. The molecule has 0 bridgehead atoms. The molecule has 0 atom stereocenters. The topological polar surface area (TPSA) is 71.1 Å². The van der Waals surface area contributed by atoms with Gasteiger partial charge in [-0.25, -0.2) is 0 Å². The van der Waals surface area contributed by atoms with Crippen LogP contribution in [0, 0.1) is 0 Å². The summed E-state index contributed by atoms with van der Waals surface area (Å²) in [5.41, 5.74) is 5.27. The molecule has 5 nitrogen and oxygen atoms in total. The predicted octanol–water partition coefficient (Wildman–Crippen LogP) is 1.02. The molecule has 0 fully saturated rings. The second-order valence-electron chi connectivity index (χ2n) is 3.67. The second-order valence-corrected chi connectivity index (χ2v) is 3.67. The van der Waals surface area contributed by atoms with Crippen LogP contribution in [0.1, 0.15) is 12.8 Å². The molecule has 0 saturated heterocycles. The lowest BCUT2D eigenvalue weighted by molar-refractivity contribution is -0.174. The number of rotatable bonds is 8. The molecule has 0 unspecified atom stereocenters. The van der Waals surface area contributed by atoms with Gasteiger partial charge in [0.1, 0.15) is 12.4 Å². The smallest absolute Gasteiger partial charge is 0.409 e. The number of hydrogen-bond donors (Lipinski definition) is 2. The highest BCUT2D eigenvalue weighted by Crippen LogP contribution is 2.14. The summed E-state index contributed by atoms with van der Waals surface area (Å²) in [5.74, 6) is 0.130. The van der Waals surface area contributed by atoms with Gasteiger partial charge in [-0.3, -0.25) is 0 Å². The van der Waals surface area contributed by atoms with Crippen LogP contribution in [0.25, 0.3) is 0 Å². The van der Waals surface area contributed by atoms with Crippen LogP contribution >= 0.6 is 0 Å². The Morgan fingerprint density at radius 2 is 2.06 bits per heavy atom. The molecular weight excluding hydrogens is 239 g/mol. The van der Waals surface area contributed by atoms with Crippen molar-refractivity contribution in [2.24, 2.45) is 10.9 Å². The molecular formula is C9H18F3N3O2. The van der Waals surface area contributed by atoms with E-state index in [1.54, 1.807) is 7.05 Å². The summed E-state index contributed by atoms with van der Waals surface area (Å²) in [7, 11) is 1.80. The molecule has 0 radical (unpaired) electrons. The normalized spacial score (nSPS) is 13.4. The van der Waals surface area contributed by atoms with Crippen LogP contribution in [0.3, 0.4) is 0 Å². The molecule has 0 amide bonds. The fourth-order valence-electron chi connectivity index (χ4n) is 1.09. The average molecular weight is 257 g/mol. The standard InChI is InChI=1S/C9H18F3N3O2/c1-15(5-3-8(13)14-16)4-2-6-17-7-9(10,11)12/h16H,2-7H2,1H3,(H2,13,14). The molecule has 0 aliphatic rings. The largest absolute Gasteiger partial charge is 0.411 e. The Morgan fingerprint density at radius 1 is 1.41 bits per heavy atom. The van der Waals surface area contributed by atoms with Gasteiger partial charge >= 0.3 is 6.18 Å². The summed E-state index contributed by atoms with van der Waals surface area (Å²) in [6.45, 7) is 0.0278. The lowest BCUT2D eigenvalue weighted by Crippen LogP contribution is -2.26. The Labute approximate surface area is 98.0 Å². The van der Waals surface area contributed by atoms with Gasteiger partial charge in [0, 0.05) is 26.1 Å². The van der Waals surface area contributed by atoms with E-state index in [1.807, 2.05) is 4.90 Å². The monoisotopic (exact) mass is 257 g/mol. The van der Waals surface area contributed by atoms with Crippen LogP contribution in [-0.4, -0.2) is 55.5 Å². The Hall–Kier alpha value is -1.02. The van der Waals surface area contributed by atoms with Crippen molar-refractivity contribution >= 4 is 5.84 Å². The molecule has 8 heteroatoms. The van der Waals surface area contributed by atoms with Crippen molar-refractivity contribution in [3.63, 3.8) is 0 Å². The predicted molar refractivity (Wildman–Crippen MR) is 57.0 cm³/mol. The van der Waals surface area contributed by atoms with Crippen LogP contribution in [0.2, 0.25) is 0 Å². The molecule has 0 aromatic carbocycles. The third kappa shape index (κ3) is 11.2. The fraction of sp³-hybridized carbons (Fsp3) is 0.889. The van der Waals surface area contributed by atoms with Crippen LogP contribution in [0.5, 0.6) is 0 Å². The Balaban J connectivity index is 3.43. The number of alkyl halides is 3. The van der Waals surface area contributed by atoms with Crippen LogP contribution in [-0.2, 0) is 4.74 Å². The van der Waals surface area contributed by atoms with Crippen molar-refractivity contribution in [1.29, 1.82) is 0 Å². The first-order chi connectivity index (χ1) is 7.85. The van der Waals surface area contributed by atoms with E-state index in [-0.39, 0.29) is 12.4 Å². The van der Waals surface area contributed by atoms with Gasteiger partial charge in [-0.2, -0.15) is 13.2 Å². The number of oxime groups is 1. The zero-order chi connectivity index (χ0) is 13.3. The number of nitrogens with zero attached hydrogens (tertiary/aromatic N) is 2. The van der Waals surface area contributed by atoms with Crippen LogP contribution < -0.4 is 5.73 Å². The first kappa shape index (κ1) is 16.0. The van der Waals surface area contributed by atoms with E-state index in [9.17, 15) is 13.2 Å². The molecule has 102 valence electrons. The zero-order valence-corrected chi connectivity index (χ0v) is 9.70. The highest BCUT2D eigenvalue weighted by atomic mass is 19.4. The van der Waals surface area contributed by atoms with E-state index in [4.69, 9.17) is 10.9 Å². The zero-order valence-electron chi connectivity index (χ0n) is 9.70. The lowest BCUT2D eigenvalue weighted by atomic mass is 10.3. The first-order valence-electron chi connectivity index (χ1n) is 5.14. The Kier molecular flexibility index (Phi) is 7.64. The third-order valence-corrected chi connectivity index (χ3v) is 1.97. The van der Waals surface area contributed by atoms with Gasteiger partial charge in [0.15, 0.2) is 0 Å². The van der Waals surface area contributed by atoms with Gasteiger partial charge in [0.05, 0.1) is 0 Å². The quantitative estimate of drug-likeness (QED) is 0.224. The number of amidine groups is 1. The highest BCUT2D eigenvalue weighted by Gasteiger charge is 2.27. The summed E-state index contributed by atoms with van der Waals surface area (Å²) >= 11 is 0. The van der Waals surface area contributed by atoms with Gasteiger partial charge < -0.3 is 20.6 Å². The molecule has 0 aromatic rings. The number of nitrogens with two attached hydrogens (primary N) is 1. The van der Waals surface area contributed by atoms with E-state index in [0.29, 0.717) is 25.9 Å². The van der Waals surface area contributed by atoms with Crippen molar-refractivity contribution in [2.45, 2.75) is 19.0 Å². The van der Waals surface area contributed by atoms with Crippen molar-refractivity contribution in [3.8, 4) is 0 Å². The maximum atomic E-state index is 11.7. The van der Waals surface area contributed by atoms with Crippen LogP contribution in [0.15, 0.2) is 5.16 Å². The van der Waals surface area contributed by atoms with Crippen molar-refractivity contribution in [3.05, 3.63) is 0 Å². The maximum Gasteiger partial charge on any atom is 0.411 e. The molecule has 0 spiro atoms. The maximum absolute atomic E-state index is 11.7. The molecule has 0 aliphatic heterocycles. The molecule has 0 heterocycles. The minimum absolute atomic E-state index is 0.0629. The molecule has 0 saturated carbocycles. The van der Waals surface area contributed by atoms with Gasteiger partial charge in [0.2, 0.25) is 0 Å². The van der Waals surface area contributed by atoms with Gasteiger partial charge in [-0.15, -0.1) is 0 Å². The van der Waals surface area contributed by atoms with E-state index >= 15 is 0 Å². The van der Waals surface area contributed by atoms with Gasteiger partial charge in [-0.05, 0) is 13.5 Å². The van der Waals surface area contributed by atoms with E-state index in [1.165, 1.54) is 0 Å². The summed E-state index contributed by atoms with van der Waals surface area (Å²) in [5, 5.41) is 11.1. The van der Waals surface area contributed by atoms with E-state index < -0.39 is 12.8 Å². The number of ether oxygens (including phenoxy) is 1. The third-order valence-electron chi connectivity index (χ3n) is 1.97. The fourth-order valence-corrected chi connectivity index (χ4v) is 1.09. The van der Waals surface area contributed by atoms with E-state index in [2.05, 4.69) is 9.89 Å². The molecule has 3 N–H and O–H groups in total. The van der Waals surface area contributed by atoms with Crippen LogP contribution in [0.4, 0.5) is 13.2 Å². The summed E-state index contributed by atoms with van der Waals surface area (Å²) in [6.07, 6.45) is -3.35. The number of hydrogen-bond acceptors (Lipinski definition) is 4. The van der Waals surface area contributed by atoms with Gasteiger partial charge in [-0.1, -0.05) is 5.16 Å². The minimum atomic E-state index is -4.27. The summed E-state index contributed by atoms with van der Waals surface area (Å²) in [6, 6.07) is 0. The molecule has 0 rings (SSSR count). The Bertz CT molecular complexity index is 234. The number of halogens is 3. The van der Waals surface area contributed by atoms with Crippen molar-refractivity contribution < 1.29 is 23.1 Å². The average Bonchev–Trinajstić information content (AvgIpc) is 2.23. The minimum Gasteiger partial charge on any atom is -0.409 e. The van der Waals surface area contributed by atoms with Gasteiger partial charge in [0.25, 0.3) is 0 Å². The summed E-state index contributed by atoms with van der Waals surface area (Å²) < 4.78 is 39.6. The SMILES string of the molecule is CN(CCCOCC(F)(F)F)CC/C(N)=N/O. The molecule has 17 heavy (non-hydrogen) atoms. The summed E-state index contributed by atoms with van der Waals surface area (Å²) in [4.78, 5) is 1.87. The lowest BCUT2D eigenvalue weighted by Gasteiger charge is -2.16.